The molecule has 5 heteroatoms. The summed E-state index contributed by atoms with van der Waals surface area (Å²) in [6, 6.07) is 8.75. The molecule has 2 N–H and O–H groups in total. The van der Waals surface area contributed by atoms with Gasteiger partial charge in [-0.1, -0.05) is 31.9 Å². The molecule has 0 aromatic heterocycles. The third-order valence-corrected chi connectivity index (χ3v) is 4.07. The van der Waals surface area contributed by atoms with Gasteiger partial charge in [0.25, 0.3) is 0 Å². The van der Waals surface area contributed by atoms with Crippen molar-refractivity contribution in [1.82, 2.24) is 10.6 Å². The highest BCUT2D eigenvalue weighted by atomic mass is 16.5. The summed E-state index contributed by atoms with van der Waals surface area (Å²) in [5.41, 5.74) is 2.54. The summed E-state index contributed by atoms with van der Waals surface area (Å²) in [5.74, 6) is 0.873. The van der Waals surface area contributed by atoms with Gasteiger partial charge in [-0.05, 0) is 24.1 Å². The average Bonchev–Trinajstić information content (AvgIpc) is 2.62. The second kappa shape index (κ2) is 10.1. The van der Waals surface area contributed by atoms with Crippen LogP contribution in [0.5, 0.6) is 0 Å². The zero-order chi connectivity index (χ0) is 16.3. The second-order valence-corrected chi connectivity index (χ2v) is 5.83. The number of guanidine groups is 1. The van der Waals surface area contributed by atoms with Gasteiger partial charge in [0.15, 0.2) is 5.96 Å². The topological polar surface area (TPSA) is 48.9 Å². The number of nitrogens with zero attached hydrogens (tertiary/aromatic N) is 2. The summed E-state index contributed by atoms with van der Waals surface area (Å²) in [5, 5.41) is 6.72. The third-order valence-electron chi connectivity index (χ3n) is 4.07. The molecule has 1 fully saturated rings. The van der Waals surface area contributed by atoms with Crippen LogP contribution in [0, 0.1) is 0 Å². The van der Waals surface area contributed by atoms with Crippen molar-refractivity contribution < 1.29 is 4.74 Å². The van der Waals surface area contributed by atoms with E-state index in [0.29, 0.717) is 0 Å². The van der Waals surface area contributed by atoms with Crippen LogP contribution in [-0.2, 0) is 11.3 Å². The third kappa shape index (κ3) is 6.10. The minimum Gasteiger partial charge on any atom is -0.378 e. The first-order valence-electron chi connectivity index (χ1n) is 8.69. The Morgan fingerprint density at radius 3 is 2.52 bits per heavy atom. The number of ether oxygens (including phenoxy) is 1. The molecule has 23 heavy (non-hydrogen) atoms. The molecule has 128 valence electrons. The fourth-order valence-corrected chi connectivity index (χ4v) is 2.63. The van der Waals surface area contributed by atoms with Gasteiger partial charge in [0.05, 0.1) is 13.2 Å². The average molecular weight is 318 g/mol. The minimum atomic E-state index is 0.789. The first kappa shape index (κ1) is 17.6. The van der Waals surface area contributed by atoms with E-state index in [1.54, 1.807) is 0 Å². The van der Waals surface area contributed by atoms with E-state index in [2.05, 4.69) is 51.7 Å². The Bertz CT molecular complexity index is 466. The summed E-state index contributed by atoms with van der Waals surface area (Å²) >= 11 is 0. The van der Waals surface area contributed by atoms with Crippen LogP contribution in [0.2, 0.25) is 0 Å². The number of rotatable bonds is 7. The number of anilines is 1. The lowest BCUT2D eigenvalue weighted by molar-refractivity contribution is 0.122. The Morgan fingerprint density at radius 2 is 1.87 bits per heavy atom. The number of benzene rings is 1. The van der Waals surface area contributed by atoms with Crippen molar-refractivity contribution in [1.29, 1.82) is 0 Å². The normalized spacial score (nSPS) is 15.6. The molecule has 0 atom stereocenters. The molecule has 1 saturated heterocycles. The maximum absolute atomic E-state index is 5.40. The maximum Gasteiger partial charge on any atom is 0.191 e. The van der Waals surface area contributed by atoms with Gasteiger partial charge in [-0.2, -0.15) is 0 Å². The molecule has 0 aliphatic carbocycles. The Hall–Kier alpha value is -1.75. The second-order valence-electron chi connectivity index (χ2n) is 5.83. The van der Waals surface area contributed by atoms with Crippen LogP contribution in [0.3, 0.4) is 0 Å². The van der Waals surface area contributed by atoms with E-state index >= 15 is 0 Å². The van der Waals surface area contributed by atoms with Crippen LogP contribution in [0.4, 0.5) is 5.69 Å². The van der Waals surface area contributed by atoms with Gasteiger partial charge >= 0.3 is 0 Å². The van der Waals surface area contributed by atoms with Crippen molar-refractivity contribution in [2.24, 2.45) is 4.99 Å². The van der Waals surface area contributed by atoms with E-state index in [1.807, 2.05) is 7.05 Å². The van der Waals surface area contributed by atoms with Gasteiger partial charge in [0.1, 0.15) is 0 Å². The van der Waals surface area contributed by atoms with E-state index in [0.717, 1.165) is 45.4 Å². The van der Waals surface area contributed by atoms with E-state index in [1.165, 1.54) is 30.5 Å². The lowest BCUT2D eigenvalue weighted by atomic mass is 10.2. The van der Waals surface area contributed by atoms with Gasteiger partial charge < -0.3 is 20.3 Å². The quantitative estimate of drug-likeness (QED) is 0.460. The first-order valence-corrected chi connectivity index (χ1v) is 8.69. The molecule has 0 unspecified atom stereocenters. The molecule has 1 heterocycles. The molecule has 1 aromatic carbocycles. The number of aliphatic imine (C=N–C) groups is 1. The largest absolute Gasteiger partial charge is 0.378 e. The molecule has 0 spiro atoms. The predicted octanol–water partition coefficient (Wildman–Crippen LogP) is 2.38. The molecule has 0 bridgehead atoms. The SMILES string of the molecule is CCCCCNC(=NC)NCc1ccc(N2CCOCC2)cc1. The molecular formula is C18H30N4O. The minimum absolute atomic E-state index is 0.789. The fourth-order valence-electron chi connectivity index (χ4n) is 2.63. The molecule has 1 aromatic rings. The number of morpholine rings is 1. The van der Waals surface area contributed by atoms with E-state index in [4.69, 9.17) is 4.74 Å². The number of nitrogens with one attached hydrogen (secondary N) is 2. The Kier molecular flexibility index (Phi) is 7.73. The van der Waals surface area contributed by atoms with Crippen LogP contribution in [-0.4, -0.2) is 45.9 Å². The standard InChI is InChI=1S/C18H30N4O/c1-3-4-5-10-20-18(19-2)21-15-16-6-8-17(9-7-16)22-11-13-23-14-12-22/h6-9H,3-5,10-15H2,1-2H3,(H2,19,20,21). The van der Waals surface area contributed by atoms with Gasteiger partial charge in [-0.25, -0.2) is 0 Å². The van der Waals surface area contributed by atoms with Crippen molar-refractivity contribution >= 4 is 11.6 Å². The number of hydrogen-bond acceptors (Lipinski definition) is 3. The highest BCUT2D eigenvalue weighted by molar-refractivity contribution is 5.79. The van der Waals surface area contributed by atoms with Crippen molar-refractivity contribution in [2.45, 2.75) is 32.7 Å². The van der Waals surface area contributed by atoms with Crippen LogP contribution >= 0.6 is 0 Å². The van der Waals surface area contributed by atoms with E-state index in [-0.39, 0.29) is 0 Å². The van der Waals surface area contributed by atoms with Crippen LogP contribution in [0.1, 0.15) is 31.7 Å². The van der Waals surface area contributed by atoms with Crippen molar-refractivity contribution in [3.05, 3.63) is 29.8 Å². The highest BCUT2D eigenvalue weighted by Gasteiger charge is 2.10. The zero-order valence-corrected chi connectivity index (χ0v) is 14.5. The maximum atomic E-state index is 5.40. The van der Waals surface area contributed by atoms with Crippen LogP contribution < -0.4 is 15.5 Å². The van der Waals surface area contributed by atoms with Gasteiger partial charge in [0, 0.05) is 38.9 Å². The highest BCUT2D eigenvalue weighted by Crippen LogP contribution is 2.16. The summed E-state index contributed by atoms with van der Waals surface area (Å²) < 4.78 is 5.40. The Balaban J connectivity index is 1.76. The lowest BCUT2D eigenvalue weighted by Gasteiger charge is -2.28. The summed E-state index contributed by atoms with van der Waals surface area (Å²) in [4.78, 5) is 6.63. The Labute approximate surface area is 140 Å². The van der Waals surface area contributed by atoms with Crippen molar-refractivity contribution in [3.63, 3.8) is 0 Å². The van der Waals surface area contributed by atoms with Gasteiger partial charge in [-0.3, -0.25) is 4.99 Å². The van der Waals surface area contributed by atoms with Crippen LogP contribution in [0.15, 0.2) is 29.3 Å². The molecule has 1 aliphatic heterocycles. The summed E-state index contributed by atoms with van der Waals surface area (Å²) in [6.45, 7) is 7.58. The summed E-state index contributed by atoms with van der Waals surface area (Å²) in [7, 11) is 1.82. The monoisotopic (exact) mass is 318 g/mol. The molecule has 0 radical (unpaired) electrons. The van der Waals surface area contributed by atoms with Crippen molar-refractivity contribution in [2.75, 3.05) is 44.8 Å². The molecule has 5 nitrogen and oxygen atoms in total. The number of hydrogen-bond donors (Lipinski definition) is 2. The molecule has 2 rings (SSSR count). The molecule has 0 saturated carbocycles. The summed E-state index contributed by atoms with van der Waals surface area (Å²) in [6.07, 6.45) is 3.68. The smallest absolute Gasteiger partial charge is 0.191 e. The molecule has 0 amide bonds. The Morgan fingerprint density at radius 1 is 1.13 bits per heavy atom. The molecular weight excluding hydrogens is 288 g/mol. The van der Waals surface area contributed by atoms with Crippen molar-refractivity contribution in [3.8, 4) is 0 Å². The lowest BCUT2D eigenvalue weighted by Crippen LogP contribution is -2.37. The van der Waals surface area contributed by atoms with Crippen LogP contribution in [0.25, 0.3) is 0 Å². The fraction of sp³-hybridized carbons (Fsp3) is 0.611. The van der Waals surface area contributed by atoms with Gasteiger partial charge in [0.2, 0.25) is 0 Å². The van der Waals surface area contributed by atoms with Gasteiger partial charge in [-0.15, -0.1) is 0 Å². The van der Waals surface area contributed by atoms with E-state index in [9.17, 15) is 0 Å². The molecule has 1 aliphatic rings. The zero-order valence-electron chi connectivity index (χ0n) is 14.5. The number of unbranched alkanes of at least 4 members (excludes halogenated alkanes) is 2. The van der Waals surface area contributed by atoms with E-state index < -0.39 is 0 Å². The predicted molar refractivity (Wildman–Crippen MR) is 97.2 cm³/mol. The first-order chi connectivity index (χ1) is 11.3.